The van der Waals surface area contributed by atoms with Gasteiger partial charge in [-0.1, -0.05) is 6.92 Å². The number of aromatic amines is 1. The molecule has 2 rings (SSSR count). The number of aromatic nitrogens is 4. The van der Waals surface area contributed by atoms with Crippen LogP contribution in [0, 0.1) is 4.77 Å². The van der Waals surface area contributed by atoms with E-state index in [-0.39, 0.29) is 11.2 Å². The zero-order valence-electron chi connectivity index (χ0n) is 9.98. The van der Waals surface area contributed by atoms with Crippen LogP contribution >= 0.6 is 12.2 Å². The lowest BCUT2D eigenvalue weighted by Gasteiger charge is -2.07. The standard InChI is InChI=1S/C10H14N4O2S/c1-4-5-14-7-6(12(2)9(17)11-7)8(15)13(3)10(14)16/h4-5H2,1-3H3,(H,11,17). The highest BCUT2D eigenvalue weighted by molar-refractivity contribution is 7.71. The van der Waals surface area contributed by atoms with Crippen molar-refractivity contribution in [3.63, 3.8) is 0 Å². The normalized spacial score (nSPS) is 11.2. The van der Waals surface area contributed by atoms with Gasteiger partial charge < -0.3 is 9.55 Å². The number of nitrogens with zero attached hydrogens (tertiary/aromatic N) is 3. The van der Waals surface area contributed by atoms with E-state index < -0.39 is 0 Å². The molecule has 2 heterocycles. The second-order valence-electron chi connectivity index (χ2n) is 3.98. The van der Waals surface area contributed by atoms with Gasteiger partial charge in [-0.3, -0.25) is 13.9 Å². The summed E-state index contributed by atoms with van der Waals surface area (Å²) in [6, 6.07) is 0. The van der Waals surface area contributed by atoms with Gasteiger partial charge in [-0.15, -0.1) is 0 Å². The predicted octanol–water partition coefficient (Wildman–Crippen LogP) is 0.506. The van der Waals surface area contributed by atoms with E-state index in [0.29, 0.717) is 22.5 Å². The first kappa shape index (κ1) is 11.8. The van der Waals surface area contributed by atoms with Crippen molar-refractivity contribution in [1.82, 2.24) is 18.7 Å². The number of hydrogen-bond acceptors (Lipinski definition) is 3. The lowest BCUT2D eigenvalue weighted by Crippen LogP contribution is -2.38. The molecule has 0 spiro atoms. The lowest BCUT2D eigenvalue weighted by atomic mass is 10.4. The summed E-state index contributed by atoms with van der Waals surface area (Å²) in [6.45, 7) is 2.53. The van der Waals surface area contributed by atoms with E-state index in [0.717, 1.165) is 11.0 Å². The molecule has 0 unspecified atom stereocenters. The number of H-pyrrole nitrogens is 1. The van der Waals surface area contributed by atoms with E-state index in [1.165, 1.54) is 7.05 Å². The smallest absolute Gasteiger partial charge is 0.316 e. The molecule has 0 amide bonds. The van der Waals surface area contributed by atoms with Crippen molar-refractivity contribution in [2.24, 2.45) is 14.1 Å². The number of aryl methyl sites for hydroxylation is 2. The molecule has 0 atom stereocenters. The summed E-state index contributed by atoms with van der Waals surface area (Å²) in [4.78, 5) is 26.9. The fourth-order valence-electron chi connectivity index (χ4n) is 1.90. The number of fused-ring (bicyclic) bond motifs is 1. The molecule has 0 fully saturated rings. The predicted molar refractivity (Wildman–Crippen MR) is 67.9 cm³/mol. The average molecular weight is 254 g/mol. The summed E-state index contributed by atoms with van der Waals surface area (Å²) in [5.41, 5.74) is 0.298. The highest BCUT2D eigenvalue weighted by Crippen LogP contribution is 2.06. The van der Waals surface area contributed by atoms with Crippen LogP contribution in [0.25, 0.3) is 11.2 Å². The summed E-state index contributed by atoms with van der Waals surface area (Å²) < 4.78 is 4.69. The molecule has 92 valence electrons. The Bertz CT molecular complexity index is 746. The van der Waals surface area contributed by atoms with Crippen LogP contribution in [0.1, 0.15) is 13.3 Å². The Morgan fingerprint density at radius 3 is 2.47 bits per heavy atom. The fraction of sp³-hybridized carbons (Fsp3) is 0.500. The lowest BCUT2D eigenvalue weighted by molar-refractivity contribution is 0.610. The summed E-state index contributed by atoms with van der Waals surface area (Å²) in [6.07, 6.45) is 0.808. The van der Waals surface area contributed by atoms with Gasteiger partial charge in [-0.2, -0.15) is 0 Å². The van der Waals surface area contributed by atoms with Crippen LogP contribution < -0.4 is 11.2 Å². The highest BCUT2D eigenvalue weighted by Gasteiger charge is 2.14. The maximum atomic E-state index is 12.0. The van der Waals surface area contributed by atoms with Gasteiger partial charge in [0, 0.05) is 20.6 Å². The molecule has 17 heavy (non-hydrogen) atoms. The molecule has 1 N–H and O–H groups in total. The molecule has 0 aromatic carbocycles. The van der Waals surface area contributed by atoms with Crippen molar-refractivity contribution in [3.8, 4) is 0 Å². The van der Waals surface area contributed by atoms with Crippen molar-refractivity contribution in [2.75, 3.05) is 0 Å². The van der Waals surface area contributed by atoms with Gasteiger partial charge in [0.1, 0.15) is 5.65 Å². The maximum absolute atomic E-state index is 12.0. The Labute approximate surface area is 102 Å². The van der Waals surface area contributed by atoms with Crippen LogP contribution in [0.15, 0.2) is 9.59 Å². The average Bonchev–Trinajstić information content (AvgIpc) is 2.59. The SMILES string of the molecule is CCCn1c(=O)n(C)c(=O)c2c1[nH]c(=S)n2C. The first-order chi connectivity index (χ1) is 7.99. The van der Waals surface area contributed by atoms with E-state index in [4.69, 9.17) is 12.2 Å². The van der Waals surface area contributed by atoms with Crippen LogP contribution in [-0.2, 0) is 20.6 Å². The van der Waals surface area contributed by atoms with Crippen molar-refractivity contribution < 1.29 is 0 Å². The molecule has 0 aliphatic rings. The van der Waals surface area contributed by atoms with Gasteiger partial charge in [0.05, 0.1) is 0 Å². The molecule has 0 saturated heterocycles. The summed E-state index contributed by atoms with van der Waals surface area (Å²) in [5, 5.41) is 0. The molecule has 0 aliphatic heterocycles. The van der Waals surface area contributed by atoms with Gasteiger partial charge >= 0.3 is 5.69 Å². The quantitative estimate of drug-likeness (QED) is 0.794. The monoisotopic (exact) mass is 254 g/mol. The zero-order chi connectivity index (χ0) is 12.7. The minimum atomic E-state index is -0.327. The minimum Gasteiger partial charge on any atom is -0.316 e. The van der Waals surface area contributed by atoms with E-state index in [9.17, 15) is 9.59 Å². The summed E-state index contributed by atoms with van der Waals surface area (Å²) in [5.74, 6) is 0. The van der Waals surface area contributed by atoms with Gasteiger partial charge in [0.15, 0.2) is 10.3 Å². The van der Waals surface area contributed by atoms with E-state index in [2.05, 4.69) is 4.98 Å². The van der Waals surface area contributed by atoms with Crippen molar-refractivity contribution in [3.05, 3.63) is 25.6 Å². The third-order valence-corrected chi connectivity index (χ3v) is 3.21. The minimum absolute atomic E-state index is 0.318. The van der Waals surface area contributed by atoms with Crippen LogP contribution in [0.3, 0.4) is 0 Å². The van der Waals surface area contributed by atoms with Crippen molar-refractivity contribution >= 4 is 23.4 Å². The first-order valence-corrected chi connectivity index (χ1v) is 5.78. The number of hydrogen-bond donors (Lipinski definition) is 1. The second-order valence-corrected chi connectivity index (χ2v) is 4.37. The Balaban J connectivity index is 3.10. The molecule has 0 radical (unpaired) electrons. The molecule has 0 bridgehead atoms. The largest absolute Gasteiger partial charge is 0.332 e. The first-order valence-electron chi connectivity index (χ1n) is 5.37. The highest BCUT2D eigenvalue weighted by atomic mass is 32.1. The Morgan fingerprint density at radius 2 is 1.88 bits per heavy atom. The molecule has 0 aliphatic carbocycles. The van der Waals surface area contributed by atoms with Crippen LogP contribution in [-0.4, -0.2) is 18.7 Å². The molecule has 7 heteroatoms. The molecule has 2 aromatic rings. The van der Waals surface area contributed by atoms with Crippen LogP contribution in [0.4, 0.5) is 0 Å². The zero-order valence-corrected chi connectivity index (χ0v) is 10.8. The number of rotatable bonds is 2. The third kappa shape index (κ3) is 1.57. The van der Waals surface area contributed by atoms with Crippen molar-refractivity contribution in [1.29, 1.82) is 0 Å². The Hall–Kier alpha value is -1.63. The molecule has 2 aromatic heterocycles. The van der Waals surface area contributed by atoms with Gasteiger partial charge in [-0.25, -0.2) is 4.79 Å². The van der Waals surface area contributed by atoms with Crippen LogP contribution in [0.2, 0.25) is 0 Å². The number of imidazole rings is 1. The van der Waals surface area contributed by atoms with Gasteiger partial charge in [-0.05, 0) is 18.6 Å². The second kappa shape index (κ2) is 3.99. The number of nitrogens with one attached hydrogen (secondary N) is 1. The third-order valence-electron chi connectivity index (χ3n) is 2.83. The van der Waals surface area contributed by atoms with E-state index in [1.54, 1.807) is 16.2 Å². The summed E-state index contributed by atoms with van der Waals surface area (Å²) in [7, 11) is 3.19. The molecular weight excluding hydrogens is 240 g/mol. The van der Waals surface area contributed by atoms with Crippen LogP contribution in [0.5, 0.6) is 0 Å². The maximum Gasteiger partial charge on any atom is 0.332 e. The van der Waals surface area contributed by atoms with Gasteiger partial charge in [0.25, 0.3) is 5.56 Å². The topological polar surface area (TPSA) is 64.7 Å². The molecule has 0 saturated carbocycles. The van der Waals surface area contributed by atoms with E-state index >= 15 is 0 Å². The Kier molecular flexibility index (Phi) is 2.78. The van der Waals surface area contributed by atoms with Gasteiger partial charge in [0.2, 0.25) is 0 Å². The molecular formula is C10H14N4O2S. The Morgan fingerprint density at radius 1 is 1.24 bits per heavy atom. The van der Waals surface area contributed by atoms with E-state index in [1.807, 2.05) is 6.92 Å². The van der Waals surface area contributed by atoms with Crippen molar-refractivity contribution in [2.45, 2.75) is 19.9 Å². The summed E-state index contributed by atoms with van der Waals surface area (Å²) >= 11 is 5.09. The molecule has 6 nitrogen and oxygen atoms in total. The fourth-order valence-corrected chi connectivity index (χ4v) is 2.09.